The van der Waals surface area contributed by atoms with Crippen LogP contribution in [0.5, 0.6) is 0 Å². The van der Waals surface area contributed by atoms with E-state index in [1.165, 1.54) is 32.1 Å². The fourth-order valence-electron chi connectivity index (χ4n) is 2.21. The standard InChI is InChI=1S/C14H28N2O/c1-11(2)7-8-16(13-5-6-13)10-14(17)9-15-12-3-4-12/h11-15,17H,3-10H2,1-2H3. The predicted octanol–water partition coefficient (Wildman–Crippen LogP) is 1.61. The summed E-state index contributed by atoms with van der Waals surface area (Å²) in [4.78, 5) is 2.50. The van der Waals surface area contributed by atoms with Gasteiger partial charge in [-0.1, -0.05) is 13.8 Å². The average molecular weight is 240 g/mol. The van der Waals surface area contributed by atoms with Crippen LogP contribution < -0.4 is 5.32 Å². The van der Waals surface area contributed by atoms with Gasteiger partial charge in [-0.2, -0.15) is 0 Å². The molecule has 2 aliphatic rings. The molecule has 1 unspecified atom stereocenters. The van der Waals surface area contributed by atoms with Crippen molar-refractivity contribution in [3.63, 3.8) is 0 Å². The first-order valence-electron chi connectivity index (χ1n) is 7.30. The molecule has 2 fully saturated rings. The third-order valence-electron chi connectivity index (χ3n) is 3.72. The van der Waals surface area contributed by atoms with Crippen molar-refractivity contribution in [2.24, 2.45) is 5.92 Å². The summed E-state index contributed by atoms with van der Waals surface area (Å²) in [6, 6.07) is 1.47. The fourth-order valence-corrected chi connectivity index (χ4v) is 2.21. The van der Waals surface area contributed by atoms with Crippen LogP contribution in [0.25, 0.3) is 0 Å². The van der Waals surface area contributed by atoms with Crippen LogP contribution in [0, 0.1) is 5.92 Å². The summed E-state index contributed by atoms with van der Waals surface area (Å²) in [5.41, 5.74) is 0. The first kappa shape index (κ1) is 13.3. The molecule has 3 heteroatoms. The molecule has 0 radical (unpaired) electrons. The van der Waals surface area contributed by atoms with Gasteiger partial charge in [-0.15, -0.1) is 0 Å². The highest BCUT2D eigenvalue weighted by Crippen LogP contribution is 2.27. The van der Waals surface area contributed by atoms with Crippen LogP contribution in [-0.4, -0.2) is 47.8 Å². The minimum Gasteiger partial charge on any atom is -0.390 e. The van der Waals surface area contributed by atoms with Crippen LogP contribution in [-0.2, 0) is 0 Å². The lowest BCUT2D eigenvalue weighted by molar-refractivity contribution is 0.104. The Balaban J connectivity index is 1.64. The van der Waals surface area contributed by atoms with Gasteiger partial charge in [0.2, 0.25) is 0 Å². The summed E-state index contributed by atoms with van der Waals surface area (Å²) in [5.74, 6) is 0.762. The Labute approximate surface area is 106 Å². The van der Waals surface area contributed by atoms with E-state index in [-0.39, 0.29) is 6.10 Å². The molecule has 0 heterocycles. The van der Waals surface area contributed by atoms with E-state index in [9.17, 15) is 5.11 Å². The minimum absolute atomic E-state index is 0.191. The second-order valence-electron chi connectivity index (χ2n) is 6.24. The van der Waals surface area contributed by atoms with E-state index in [4.69, 9.17) is 0 Å². The Kier molecular flexibility index (Phi) is 4.83. The van der Waals surface area contributed by atoms with E-state index in [1.54, 1.807) is 0 Å². The molecule has 17 heavy (non-hydrogen) atoms. The molecule has 3 nitrogen and oxygen atoms in total. The van der Waals surface area contributed by atoms with E-state index in [2.05, 4.69) is 24.1 Å². The number of aliphatic hydroxyl groups excluding tert-OH is 1. The van der Waals surface area contributed by atoms with Crippen molar-refractivity contribution in [2.45, 2.75) is 64.1 Å². The third-order valence-corrected chi connectivity index (χ3v) is 3.72. The monoisotopic (exact) mass is 240 g/mol. The molecule has 0 spiro atoms. The Hall–Kier alpha value is -0.120. The molecule has 100 valence electrons. The lowest BCUT2D eigenvalue weighted by Crippen LogP contribution is -2.40. The zero-order valence-corrected chi connectivity index (χ0v) is 11.4. The predicted molar refractivity (Wildman–Crippen MR) is 71.1 cm³/mol. The van der Waals surface area contributed by atoms with E-state index in [0.29, 0.717) is 6.04 Å². The van der Waals surface area contributed by atoms with Crippen LogP contribution in [0.4, 0.5) is 0 Å². The Morgan fingerprint density at radius 1 is 1.24 bits per heavy atom. The van der Waals surface area contributed by atoms with Gasteiger partial charge in [-0.25, -0.2) is 0 Å². The highest BCUT2D eigenvalue weighted by molar-refractivity contribution is 4.87. The van der Waals surface area contributed by atoms with Crippen LogP contribution in [0.3, 0.4) is 0 Å². The zero-order chi connectivity index (χ0) is 12.3. The smallest absolute Gasteiger partial charge is 0.0791 e. The molecule has 2 saturated carbocycles. The van der Waals surface area contributed by atoms with Crippen molar-refractivity contribution in [3.8, 4) is 0 Å². The molecule has 0 bridgehead atoms. The van der Waals surface area contributed by atoms with Gasteiger partial charge in [-0.3, -0.25) is 4.90 Å². The molecule has 0 amide bonds. The minimum atomic E-state index is -0.191. The molecule has 2 rings (SSSR count). The van der Waals surface area contributed by atoms with Crippen molar-refractivity contribution >= 4 is 0 Å². The van der Waals surface area contributed by atoms with Crippen molar-refractivity contribution in [1.29, 1.82) is 0 Å². The van der Waals surface area contributed by atoms with E-state index in [0.717, 1.165) is 31.6 Å². The maximum atomic E-state index is 10.0. The number of hydrogen-bond donors (Lipinski definition) is 2. The van der Waals surface area contributed by atoms with Gasteiger partial charge < -0.3 is 10.4 Å². The molecule has 0 saturated heterocycles. The van der Waals surface area contributed by atoms with Crippen molar-refractivity contribution in [2.75, 3.05) is 19.6 Å². The molecule has 0 aliphatic heterocycles. The van der Waals surface area contributed by atoms with Gasteiger partial charge in [-0.05, 0) is 44.6 Å². The second-order valence-corrected chi connectivity index (χ2v) is 6.24. The number of nitrogens with zero attached hydrogens (tertiary/aromatic N) is 1. The molecule has 2 aliphatic carbocycles. The van der Waals surface area contributed by atoms with Gasteiger partial charge in [0.25, 0.3) is 0 Å². The largest absolute Gasteiger partial charge is 0.390 e. The number of nitrogens with one attached hydrogen (secondary N) is 1. The maximum Gasteiger partial charge on any atom is 0.0791 e. The van der Waals surface area contributed by atoms with Crippen molar-refractivity contribution in [3.05, 3.63) is 0 Å². The SMILES string of the molecule is CC(C)CCN(CC(O)CNC1CC1)C1CC1. The molecule has 1 atom stereocenters. The van der Waals surface area contributed by atoms with Gasteiger partial charge in [0.1, 0.15) is 0 Å². The van der Waals surface area contributed by atoms with Gasteiger partial charge in [0.15, 0.2) is 0 Å². The van der Waals surface area contributed by atoms with Crippen LogP contribution >= 0.6 is 0 Å². The number of aliphatic hydroxyl groups is 1. The van der Waals surface area contributed by atoms with Gasteiger partial charge in [0, 0.05) is 25.2 Å². The summed E-state index contributed by atoms with van der Waals surface area (Å²) < 4.78 is 0. The highest BCUT2D eigenvalue weighted by atomic mass is 16.3. The lowest BCUT2D eigenvalue weighted by atomic mass is 10.1. The van der Waals surface area contributed by atoms with Crippen LogP contribution in [0.15, 0.2) is 0 Å². The molecule has 0 aromatic rings. The zero-order valence-electron chi connectivity index (χ0n) is 11.4. The molecular weight excluding hydrogens is 212 g/mol. The average Bonchev–Trinajstić information content (AvgIpc) is 3.15. The summed E-state index contributed by atoms with van der Waals surface area (Å²) in [5, 5.41) is 13.4. The molecule has 0 aromatic carbocycles. The van der Waals surface area contributed by atoms with Gasteiger partial charge in [0.05, 0.1) is 6.10 Å². The van der Waals surface area contributed by atoms with Crippen molar-refractivity contribution in [1.82, 2.24) is 10.2 Å². The first-order chi connectivity index (χ1) is 8.15. The molecule has 0 aromatic heterocycles. The van der Waals surface area contributed by atoms with E-state index >= 15 is 0 Å². The fraction of sp³-hybridized carbons (Fsp3) is 1.00. The number of hydrogen-bond acceptors (Lipinski definition) is 3. The molecule has 2 N–H and O–H groups in total. The summed E-state index contributed by atoms with van der Waals surface area (Å²) in [6.45, 7) is 7.34. The Bertz CT molecular complexity index is 224. The van der Waals surface area contributed by atoms with Crippen molar-refractivity contribution < 1.29 is 5.11 Å². The summed E-state index contributed by atoms with van der Waals surface area (Å²) in [7, 11) is 0. The Morgan fingerprint density at radius 2 is 1.94 bits per heavy atom. The summed E-state index contributed by atoms with van der Waals surface area (Å²) >= 11 is 0. The third kappa shape index (κ3) is 5.36. The maximum absolute atomic E-state index is 10.0. The summed E-state index contributed by atoms with van der Waals surface area (Å²) in [6.07, 6.45) is 6.32. The highest BCUT2D eigenvalue weighted by Gasteiger charge is 2.30. The normalized spacial score (nSPS) is 22.4. The number of rotatable bonds is 9. The van der Waals surface area contributed by atoms with Gasteiger partial charge >= 0.3 is 0 Å². The van der Waals surface area contributed by atoms with E-state index in [1.807, 2.05) is 0 Å². The van der Waals surface area contributed by atoms with Crippen LogP contribution in [0.2, 0.25) is 0 Å². The second kappa shape index (κ2) is 6.17. The quantitative estimate of drug-likeness (QED) is 0.643. The topological polar surface area (TPSA) is 35.5 Å². The first-order valence-corrected chi connectivity index (χ1v) is 7.30. The van der Waals surface area contributed by atoms with Crippen LogP contribution in [0.1, 0.15) is 46.0 Å². The molecular formula is C14H28N2O. The van der Waals surface area contributed by atoms with E-state index < -0.39 is 0 Å². The lowest BCUT2D eigenvalue weighted by Gasteiger charge is -2.25. The Morgan fingerprint density at radius 3 is 2.47 bits per heavy atom.